The molecule has 1 aliphatic carbocycles. The van der Waals surface area contributed by atoms with Crippen molar-refractivity contribution in [3.05, 3.63) is 71.1 Å². The van der Waals surface area contributed by atoms with Crippen LogP contribution in [0.4, 0.5) is 11.5 Å². The van der Waals surface area contributed by atoms with Gasteiger partial charge in [0.2, 0.25) is 0 Å². The number of nitrogens with two attached hydrogens (primary N) is 1. The molecule has 196 valence electrons. The fourth-order valence-corrected chi connectivity index (χ4v) is 5.23. The summed E-state index contributed by atoms with van der Waals surface area (Å²) in [5.74, 6) is 1.94. The van der Waals surface area contributed by atoms with Crippen molar-refractivity contribution in [2.75, 3.05) is 25.0 Å². The molecule has 2 aromatic carbocycles. The molecule has 6 rings (SSSR count). The summed E-state index contributed by atoms with van der Waals surface area (Å²) in [6.07, 6.45) is 9.83. The third kappa shape index (κ3) is 4.93. The number of hydrogen-bond acceptors (Lipinski definition) is 6. The van der Waals surface area contributed by atoms with Gasteiger partial charge in [-0.25, -0.2) is 9.97 Å². The molecular weight excluding hydrogens is 500 g/mol. The highest BCUT2D eigenvalue weighted by molar-refractivity contribution is 6.32. The highest BCUT2D eigenvalue weighted by Crippen LogP contribution is 2.35. The van der Waals surface area contributed by atoms with E-state index >= 15 is 0 Å². The molecule has 2 aromatic heterocycles. The van der Waals surface area contributed by atoms with Crippen LogP contribution in [-0.4, -0.2) is 50.9 Å². The average molecular weight is 531 g/mol. The number of hydrogen-bond donors (Lipinski definition) is 2. The van der Waals surface area contributed by atoms with E-state index in [-0.39, 0.29) is 5.91 Å². The van der Waals surface area contributed by atoms with Crippen LogP contribution in [0.5, 0.6) is 5.75 Å². The summed E-state index contributed by atoms with van der Waals surface area (Å²) < 4.78 is 7.86. The molecule has 1 saturated heterocycles. The first-order valence-corrected chi connectivity index (χ1v) is 13.5. The standard InChI is InChI=1S/C29H31ClN6O2/c1-18-14-21(3-6-23(18)29(37)35-11-8-19(16-31)9-12-35)34-27-28-33-17-25(36(28)13-10-32-27)20-2-7-26(24(30)15-20)38-22-4-5-22/h2-3,6-7,10,13-15,17,19,22H,4-5,8-9,11-12,16,31H2,1H3,(H,32,34). The lowest BCUT2D eigenvalue weighted by molar-refractivity contribution is 0.0692. The number of nitrogens with zero attached hydrogens (tertiary/aromatic N) is 4. The number of carbonyl (C=O) groups is 1. The Morgan fingerprint density at radius 2 is 1.95 bits per heavy atom. The van der Waals surface area contributed by atoms with Crippen LogP contribution < -0.4 is 15.8 Å². The second kappa shape index (κ2) is 10.3. The first-order chi connectivity index (χ1) is 18.5. The van der Waals surface area contributed by atoms with Crippen molar-refractivity contribution in [3.8, 4) is 17.0 Å². The second-order valence-corrected chi connectivity index (χ2v) is 10.6. The van der Waals surface area contributed by atoms with Crippen molar-refractivity contribution in [1.29, 1.82) is 0 Å². The molecule has 0 unspecified atom stereocenters. The van der Waals surface area contributed by atoms with Crippen molar-refractivity contribution in [1.82, 2.24) is 19.3 Å². The zero-order chi connectivity index (χ0) is 26.2. The lowest BCUT2D eigenvalue weighted by atomic mass is 9.96. The number of fused-ring (bicyclic) bond motifs is 1. The number of benzene rings is 2. The molecule has 0 bridgehead atoms. The Balaban J connectivity index is 1.21. The maximum Gasteiger partial charge on any atom is 0.254 e. The normalized spacial score (nSPS) is 16.1. The number of piperidine rings is 1. The van der Waals surface area contributed by atoms with Crippen LogP contribution in [-0.2, 0) is 0 Å². The minimum absolute atomic E-state index is 0.0786. The molecule has 4 aromatic rings. The number of aromatic nitrogens is 3. The quantitative estimate of drug-likeness (QED) is 0.329. The van der Waals surface area contributed by atoms with Gasteiger partial charge in [-0.15, -0.1) is 0 Å². The molecule has 38 heavy (non-hydrogen) atoms. The Morgan fingerprint density at radius 1 is 1.13 bits per heavy atom. The Morgan fingerprint density at radius 3 is 2.66 bits per heavy atom. The van der Waals surface area contributed by atoms with E-state index in [1.54, 1.807) is 6.20 Å². The van der Waals surface area contributed by atoms with Gasteiger partial charge >= 0.3 is 0 Å². The smallest absolute Gasteiger partial charge is 0.254 e. The molecule has 8 nitrogen and oxygen atoms in total. The molecule has 1 amide bonds. The highest BCUT2D eigenvalue weighted by Gasteiger charge is 2.25. The second-order valence-electron chi connectivity index (χ2n) is 10.2. The minimum Gasteiger partial charge on any atom is -0.489 e. The molecule has 2 fully saturated rings. The van der Waals surface area contributed by atoms with Crippen LogP contribution in [0, 0.1) is 12.8 Å². The van der Waals surface area contributed by atoms with Gasteiger partial charge in [0.05, 0.1) is 23.0 Å². The summed E-state index contributed by atoms with van der Waals surface area (Å²) in [6, 6.07) is 11.6. The minimum atomic E-state index is 0.0786. The first kappa shape index (κ1) is 24.7. The monoisotopic (exact) mass is 530 g/mol. The molecule has 0 atom stereocenters. The molecule has 3 N–H and O–H groups in total. The third-order valence-electron chi connectivity index (χ3n) is 7.43. The Hall–Kier alpha value is -3.62. The topological polar surface area (TPSA) is 97.8 Å². The van der Waals surface area contributed by atoms with Gasteiger partial charge in [-0.05, 0) is 87.0 Å². The number of carbonyl (C=O) groups excluding carboxylic acids is 1. The first-order valence-electron chi connectivity index (χ1n) is 13.2. The number of anilines is 2. The molecule has 2 aliphatic rings. The summed E-state index contributed by atoms with van der Waals surface area (Å²) in [6.45, 7) is 4.17. The van der Waals surface area contributed by atoms with E-state index in [2.05, 4.69) is 15.3 Å². The van der Waals surface area contributed by atoms with Crippen LogP contribution in [0.25, 0.3) is 16.9 Å². The molecule has 1 saturated carbocycles. The van der Waals surface area contributed by atoms with Crippen LogP contribution in [0.2, 0.25) is 5.02 Å². The van der Waals surface area contributed by atoms with Gasteiger partial charge in [-0.1, -0.05) is 11.6 Å². The number of ether oxygens (including phenoxy) is 1. The summed E-state index contributed by atoms with van der Waals surface area (Å²) in [5, 5.41) is 3.97. The zero-order valence-corrected chi connectivity index (χ0v) is 22.1. The fraction of sp³-hybridized carbons (Fsp3) is 0.345. The number of aryl methyl sites for hydroxylation is 1. The Kier molecular flexibility index (Phi) is 6.68. The van der Waals surface area contributed by atoms with Gasteiger partial charge in [0.15, 0.2) is 11.5 Å². The van der Waals surface area contributed by atoms with E-state index in [9.17, 15) is 4.79 Å². The van der Waals surface area contributed by atoms with Crippen LogP contribution in [0.3, 0.4) is 0 Å². The maximum atomic E-state index is 13.1. The number of amides is 1. The van der Waals surface area contributed by atoms with Crippen molar-refractivity contribution in [2.24, 2.45) is 11.7 Å². The summed E-state index contributed by atoms with van der Waals surface area (Å²) in [4.78, 5) is 24.2. The maximum absolute atomic E-state index is 13.1. The SMILES string of the molecule is Cc1cc(Nc2nccn3c(-c4ccc(OC5CC5)c(Cl)c4)cnc23)ccc1C(=O)N1CCC(CN)CC1. The van der Waals surface area contributed by atoms with Crippen molar-refractivity contribution in [3.63, 3.8) is 0 Å². The highest BCUT2D eigenvalue weighted by atomic mass is 35.5. The molecule has 0 spiro atoms. The van der Waals surface area contributed by atoms with E-state index in [1.165, 1.54) is 0 Å². The van der Waals surface area contributed by atoms with Gasteiger partial charge in [0.1, 0.15) is 5.75 Å². The van der Waals surface area contributed by atoms with Crippen molar-refractivity contribution < 1.29 is 9.53 Å². The lowest BCUT2D eigenvalue weighted by Gasteiger charge is -2.31. The number of imidazole rings is 1. The Bertz CT molecular complexity index is 1490. The summed E-state index contributed by atoms with van der Waals surface area (Å²) >= 11 is 6.51. The van der Waals surface area contributed by atoms with E-state index in [1.807, 2.05) is 65.0 Å². The van der Waals surface area contributed by atoms with Crippen molar-refractivity contribution >= 4 is 34.7 Å². The predicted octanol–water partition coefficient (Wildman–Crippen LogP) is 5.45. The molecule has 0 radical (unpaired) electrons. The number of rotatable bonds is 7. The van der Waals surface area contributed by atoms with Crippen LogP contribution >= 0.6 is 11.6 Å². The van der Waals surface area contributed by atoms with Crippen molar-refractivity contribution in [2.45, 2.75) is 38.7 Å². The van der Waals surface area contributed by atoms with Gasteiger partial charge in [0, 0.05) is 42.3 Å². The number of likely N-dealkylation sites (tertiary alicyclic amines) is 1. The van der Waals surface area contributed by atoms with E-state index in [0.717, 1.165) is 66.8 Å². The molecule has 3 heterocycles. The van der Waals surface area contributed by atoms with Crippen LogP contribution in [0.15, 0.2) is 55.0 Å². The number of halogens is 1. The van der Waals surface area contributed by atoms with Gasteiger partial charge in [-0.3, -0.25) is 9.20 Å². The van der Waals surface area contributed by atoms with E-state index in [0.29, 0.717) is 40.8 Å². The van der Waals surface area contributed by atoms with Gasteiger partial charge < -0.3 is 20.7 Å². The van der Waals surface area contributed by atoms with Gasteiger partial charge in [-0.2, -0.15) is 0 Å². The predicted molar refractivity (Wildman–Crippen MR) is 149 cm³/mol. The van der Waals surface area contributed by atoms with E-state index in [4.69, 9.17) is 22.1 Å². The summed E-state index contributed by atoms with van der Waals surface area (Å²) in [7, 11) is 0. The lowest BCUT2D eigenvalue weighted by Crippen LogP contribution is -2.40. The molecule has 9 heteroatoms. The largest absolute Gasteiger partial charge is 0.489 e. The summed E-state index contributed by atoms with van der Waals surface area (Å²) in [5.41, 5.74) is 10.8. The molecular formula is C29H31ClN6O2. The molecule has 1 aliphatic heterocycles. The third-order valence-corrected chi connectivity index (χ3v) is 7.72. The zero-order valence-electron chi connectivity index (χ0n) is 21.4. The van der Waals surface area contributed by atoms with Gasteiger partial charge in [0.25, 0.3) is 5.91 Å². The average Bonchev–Trinajstić information content (AvgIpc) is 3.64. The Labute approximate surface area is 226 Å². The number of nitrogens with one attached hydrogen (secondary N) is 1. The fourth-order valence-electron chi connectivity index (χ4n) is 5.00. The van der Waals surface area contributed by atoms with Crippen LogP contribution in [0.1, 0.15) is 41.6 Å². The van der Waals surface area contributed by atoms with E-state index < -0.39 is 0 Å².